The molecule has 4 rings (SSSR count). The topological polar surface area (TPSA) is 51.0 Å². The average molecular weight is 289 g/mol. The second-order valence-electron chi connectivity index (χ2n) is 4.90. The van der Waals surface area contributed by atoms with E-state index in [0.717, 1.165) is 34.3 Å². The van der Waals surface area contributed by atoms with E-state index < -0.39 is 0 Å². The zero-order chi connectivity index (χ0) is 13.5. The lowest BCUT2D eigenvalue weighted by molar-refractivity contribution is 0.413. The minimum Gasteiger partial charge on any atom is -0.333 e. The highest BCUT2D eigenvalue weighted by Crippen LogP contribution is 2.33. The van der Waals surface area contributed by atoms with Crippen LogP contribution in [0, 0.1) is 5.82 Å². The molecule has 0 aliphatic carbocycles. The van der Waals surface area contributed by atoms with Crippen LogP contribution in [0.25, 0.3) is 20.9 Å². The number of halogens is 1. The normalized spacial score (nSPS) is 18.9. The van der Waals surface area contributed by atoms with Gasteiger partial charge in [-0.1, -0.05) is 11.2 Å². The van der Waals surface area contributed by atoms with Gasteiger partial charge in [0.05, 0.1) is 10.9 Å². The van der Waals surface area contributed by atoms with Crippen molar-refractivity contribution in [1.29, 1.82) is 0 Å². The summed E-state index contributed by atoms with van der Waals surface area (Å²) in [6.45, 7) is 0.997. The number of benzene rings is 1. The van der Waals surface area contributed by atoms with Crippen molar-refractivity contribution in [2.24, 2.45) is 0 Å². The molecule has 1 unspecified atom stereocenters. The molecule has 0 saturated carbocycles. The number of thiophene rings is 1. The molecule has 6 heteroatoms. The van der Waals surface area contributed by atoms with Crippen LogP contribution in [0.3, 0.4) is 0 Å². The highest BCUT2D eigenvalue weighted by molar-refractivity contribution is 7.22. The van der Waals surface area contributed by atoms with Crippen LogP contribution in [-0.4, -0.2) is 16.7 Å². The molecule has 102 valence electrons. The molecule has 0 spiro atoms. The molecule has 1 atom stereocenters. The van der Waals surface area contributed by atoms with E-state index in [0.29, 0.717) is 11.7 Å². The summed E-state index contributed by atoms with van der Waals surface area (Å²) in [5, 5.41) is 8.38. The van der Waals surface area contributed by atoms with Gasteiger partial charge in [0.15, 0.2) is 5.82 Å². The molecule has 1 N–H and O–H groups in total. The van der Waals surface area contributed by atoms with E-state index in [1.807, 2.05) is 6.07 Å². The third-order valence-corrected chi connectivity index (χ3v) is 4.59. The van der Waals surface area contributed by atoms with Gasteiger partial charge in [0.25, 0.3) is 5.89 Å². The predicted molar refractivity (Wildman–Crippen MR) is 75.1 cm³/mol. The van der Waals surface area contributed by atoms with Gasteiger partial charge in [0.2, 0.25) is 0 Å². The molecule has 4 nitrogen and oxygen atoms in total. The maximum absolute atomic E-state index is 13.2. The van der Waals surface area contributed by atoms with Gasteiger partial charge in [-0.05, 0) is 43.0 Å². The van der Waals surface area contributed by atoms with Gasteiger partial charge in [-0.2, -0.15) is 4.98 Å². The summed E-state index contributed by atoms with van der Waals surface area (Å²) < 4.78 is 19.4. The van der Waals surface area contributed by atoms with Crippen LogP contribution in [0.5, 0.6) is 0 Å². The molecule has 1 saturated heterocycles. The summed E-state index contributed by atoms with van der Waals surface area (Å²) in [5.41, 5.74) is 0. The van der Waals surface area contributed by atoms with Crippen molar-refractivity contribution in [2.45, 2.75) is 18.9 Å². The van der Waals surface area contributed by atoms with Crippen LogP contribution >= 0.6 is 11.3 Å². The van der Waals surface area contributed by atoms with Crippen LogP contribution < -0.4 is 5.32 Å². The van der Waals surface area contributed by atoms with E-state index >= 15 is 0 Å². The Morgan fingerprint density at radius 2 is 2.30 bits per heavy atom. The van der Waals surface area contributed by atoms with Gasteiger partial charge in [0.1, 0.15) is 5.82 Å². The molecule has 0 amide bonds. The molecule has 1 aromatic carbocycles. The number of nitrogens with one attached hydrogen (secondary N) is 1. The Hall–Kier alpha value is -1.79. The summed E-state index contributed by atoms with van der Waals surface area (Å²) in [6, 6.07) is 6.90. The Kier molecular flexibility index (Phi) is 2.78. The van der Waals surface area contributed by atoms with Crippen molar-refractivity contribution in [3.8, 4) is 10.8 Å². The molecular weight excluding hydrogens is 277 g/mol. The van der Waals surface area contributed by atoms with E-state index in [1.54, 1.807) is 6.07 Å². The Labute approximate surface area is 118 Å². The van der Waals surface area contributed by atoms with E-state index in [1.165, 1.54) is 23.5 Å². The minimum atomic E-state index is -0.229. The lowest BCUT2D eigenvalue weighted by Gasteiger charge is -2.01. The third-order valence-electron chi connectivity index (χ3n) is 3.51. The quantitative estimate of drug-likeness (QED) is 0.784. The van der Waals surface area contributed by atoms with Crippen LogP contribution in [0.4, 0.5) is 4.39 Å². The van der Waals surface area contributed by atoms with Crippen molar-refractivity contribution >= 4 is 21.4 Å². The number of hydrogen-bond donors (Lipinski definition) is 1. The first kappa shape index (κ1) is 12.0. The standard InChI is InChI=1S/C14H12FN3OS/c15-9-4-3-8-6-12(20-11(8)7-9)14-17-13(18-19-14)10-2-1-5-16-10/h3-4,6-7,10,16H,1-2,5H2. The largest absolute Gasteiger partial charge is 0.333 e. The summed E-state index contributed by atoms with van der Waals surface area (Å²) in [4.78, 5) is 5.33. The van der Waals surface area contributed by atoms with E-state index in [2.05, 4.69) is 15.5 Å². The van der Waals surface area contributed by atoms with Gasteiger partial charge in [-0.3, -0.25) is 0 Å². The van der Waals surface area contributed by atoms with Crippen molar-refractivity contribution < 1.29 is 8.91 Å². The minimum absolute atomic E-state index is 0.194. The van der Waals surface area contributed by atoms with Crippen molar-refractivity contribution in [1.82, 2.24) is 15.5 Å². The summed E-state index contributed by atoms with van der Waals surface area (Å²) in [5.74, 6) is 0.990. The van der Waals surface area contributed by atoms with Gasteiger partial charge >= 0.3 is 0 Å². The molecule has 3 heterocycles. The van der Waals surface area contributed by atoms with Gasteiger partial charge in [-0.15, -0.1) is 11.3 Å². The lowest BCUT2D eigenvalue weighted by atomic mass is 10.2. The molecule has 20 heavy (non-hydrogen) atoms. The van der Waals surface area contributed by atoms with Gasteiger partial charge in [-0.25, -0.2) is 4.39 Å². The molecule has 0 bridgehead atoms. The number of aromatic nitrogens is 2. The fourth-order valence-electron chi connectivity index (χ4n) is 2.49. The maximum Gasteiger partial charge on any atom is 0.268 e. The monoisotopic (exact) mass is 289 g/mol. The number of rotatable bonds is 2. The van der Waals surface area contributed by atoms with Gasteiger partial charge in [0, 0.05) is 4.70 Å². The molecular formula is C14H12FN3OS. The first-order chi connectivity index (χ1) is 9.79. The number of hydrogen-bond acceptors (Lipinski definition) is 5. The highest BCUT2D eigenvalue weighted by Gasteiger charge is 2.22. The van der Waals surface area contributed by atoms with Crippen LogP contribution in [0.1, 0.15) is 24.7 Å². The Balaban J connectivity index is 1.71. The fourth-order valence-corrected chi connectivity index (χ4v) is 3.50. The van der Waals surface area contributed by atoms with Gasteiger partial charge < -0.3 is 9.84 Å². The third kappa shape index (κ3) is 2.01. The Morgan fingerprint density at radius 1 is 1.35 bits per heavy atom. The fraction of sp³-hybridized carbons (Fsp3) is 0.286. The first-order valence-electron chi connectivity index (χ1n) is 6.56. The van der Waals surface area contributed by atoms with Crippen molar-refractivity contribution in [3.63, 3.8) is 0 Å². The molecule has 2 aromatic heterocycles. The Morgan fingerprint density at radius 3 is 3.15 bits per heavy atom. The van der Waals surface area contributed by atoms with Crippen molar-refractivity contribution in [2.75, 3.05) is 6.54 Å². The maximum atomic E-state index is 13.2. The van der Waals surface area contributed by atoms with Crippen LogP contribution in [0.15, 0.2) is 28.8 Å². The zero-order valence-corrected chi connectivity index (χ0v) is 11.4. The zero-order valence-electron chi connectivity index (χ0n) is 10.6. The second kappa shape index (κ2) is 4.64. The summed E-state index contributed by atoms with van der Waals surface area (Å²) >= 11 is 1.46. The molecule has 1 aliphatic rings. The van der Waals surface area contributed by atoms with Crippen LogP contribution in [0.2, 0.25) is 0 Å². The molecule has 3 aromatic rings. The highest BCUT2D eigenvalue weighted by atomic mass is 32.1. The number of nitrogens with zero attached hydrogens (tertiary/aromatic N) is 2. The average Bonchev–Trinajstić information content (AvgIpc) is 3.17. The second-order valence-corrected chi connectivity index (χ2v) is 5.98. The molecule has 1 fully saturated rings. The van der Waals surface area contributed by atoms with E-state index in [4.69, 9.17) is 4.52 Å². The summed E-state index contributed by atoms with van der Waals surface area (Å²) in [6.07, 6.45) is 2.17. The molecule has 1 aliphatic heterocycles. The smallest absolute Gasteiger partial charge is 0.268 e. The van der Waals surface area contributed by atoms with E-state index in [9.17, 15) is 4.39 Å². The summed E-state index contributed by atoms with van der Waals surface area (Å²) in [7, 11) is 0. The number of fused-ring (bicyclic) bond motifs is 1. The Bertz CT molecular complexity index is 761. The lowest BCUT2D eigenvalue weighted by Crippen LogP contribution is -2.14. The first-order valence-corrected chi connectivity index (χ1v) is 7.38. The van der Waals surface area contributed by atoms with E-state index in [-0.39, 0.29) is 11.9 Å². The van der Waals surface area contributed by atoms with Crippen LogP contribution in [-0.2, 0) is 0 Å². The predicted octanol–water partition coefficient (Wildman–Crippen LogP) is 3.51. The van der Waals surface area contributed by atoms with Crippen molar-refractivity contribution in [3.05, 3.63) is 35.9 Å². The SMILES string of the molecule is Fc1ccc2cc(-c3nc(C4CCCN4)no3)sc2c1. The molecule has 0 radical (unpaired) electrons.